The molecule has 1 amide bonds. The van der Waals surface area contributed by atoms with Crippen molar-refractivity contribution in [3.8, 4) is 11.5 Å². The van der Waals surface area contributed by atoms with E-state index in [-0.39, 0.29) is 16.6 Å². The molecule has 2 N–H and O–H groups in total. The van der Waals surface area contributed by atoms with Gasteiger partial charge in [0.25, 0.3) is 10.0 Å². The van der Waals surface area contributed by atoms with Gasteiger partial charge >= 0.3 is 0 Å². The third-order valence-corrected chi connectivity index (χ3v) is 8.67. The molecule has 184 valence electrons. The van der Waals surface area contributed by atoms with Crippen molar-refractivity contribution in [1.29, 1.82) is 0 Å². The molecule has 0 aliphatic heterocycles. The Morgan fingerprint density at radius 2 is 1.68 bits per heavy atom. The highest BCUT2D eigenvalue weighted by molar-refractivity contribution is 7.92. The lowest BCUT2D eigenvalue weighted by molar-refractivity contribution is -0.130. The van der Waals surface area contributed by atoms with Gasteiger partial charge < -0.3 is 14.8 Å². The molecule has 0 spiro atoms. The van der Waals surface area contributed by atoms with Crippen LogP contribution in [0.2, 0.25) is 0 Å². The largest absolute Gasteiger partial charge is 0.497 e. The molecular weight excluding hydrogens is 452 g/mol. The molecule has 2 fully saturated rings. The maximum atomic E-state index is 13.2. The second kappa shape index (κ2) is 10.3. The van der Waals surface area contributed by atoms with Crippen LogP contribution in [0.5, 0.6) is 11.5 Å². The van der Waals surface area contributed by atoms with Crippen LogP contribution < -0.4 is 19.5 Å². The normalized spacial score (nSPS) is 17.9. The summed E-state index contributed by atoms with van der Waals surface area (Å²) in [4.78, 5) is 13.2. The Morgan fingerprint density at radius 1 is 0.971 bits per heavy atom. The van der Waals surface area contributed by atoms with Crippen LogP contribution in [0.25, 0.3) is 0 Å². The molecule has 2 aliphatic carbocycles. The Balaban J connectivity index is 1.47. The van der Waals surface area contributed by atoms with Gasteiger partial charge in [-0.2, -0.15) is 0 Å². The number of hydrogen-bond donors (Lipinski definition) is 2. The number of nitrogens with one attached hydrogen (secondary N) is 2. The molecule has 0 saturated heterocycles. The number of hydrogen-bond acceptors (Lipinski definition) is 5. The molecule has 2 aromatic carbocycles. The van der Waals surface area contributed by atoms with Gasteiger partial charge in [-0.3, -0.25) is 9.52 Å². The maximum Gasteiger partial charge on any atom is 0.265 e. The van der Waals surface area contributed by atoms with Crippen LogP contribution in [0, 0.1) is 5.92 Å². The van der Waals surface area contributed by atoms with Gasteiger partial charge in [0.1, 0.15) is 16.4 Å². The van der Waals surface area contributed by atoms with E-state index in [2.05, 4.69) is 10.0 Å². The van der Waals surface area contributed by atoms with Gasteiger partial charge in [-0.15, -0.1) is 0 Å². The lowest BCUT2D eigenvalue weighted by atomic mass is 9.63. The maximum absolute atomic E-state index is 13.2. The molecule has 2 saturated carbocycles. The smallest absolute Gasteiger partial charge is 0.265 e. The van der Waals surface area contributed by atoms with E-state index in [0.717, 1.165) is 31.4 Å². The third-order valence-electron chi connectivity index (χ3n) is 7.27. The predicted molar refractivity (Wildman–Crippen MR) is 132 cm³/mol. The van der Waals surface area contributed by atoms with Crippen molar-refractivity contribution in [3.05, 3.63) is 48.0 Å². The molecule has 4 rings (SSSR count). The van der Waals surface area contributed by atoms with Crippen LogP contribution in [0.4, 0.5) is 5.69 Å². The van der Waals surface area contributed by atoms with E-state index in [1.165, 1.54) is 52.4 Å². The second-order valence-electron chi connectivity index (χ2n) is 9.35. The highest BCUT2D eigenvalue weighted by Gasteiger charge is 2.45. The molecule has 0 radical (unpaired) electrons. The first-order valence-corrected chi connectivity index (χ1v) is 13.5. The van der Waals surface area contributed by atoms with Crippen LogP contribution in [0.1, 0.15) is 56.9 Å². The Labute approximate surface area is 202 Å². The number of amides is 1. The van der Waals surface area contributed by atoms with Crippen molar-refractivity contribution in [2.45, 2.75) is 61.7 Å². The number of ether oxygens (including phenoxy) is 2. The van der Waals surface area contributed by atoms with Gasteiger partial charge in [0.15, 0.2) is 0 Å². The van der Waals surface area contributed by atoms with Gasteiger partial charge in [0.05, 0.1) is 19.6 Å². The standard InChI is InChI=1S/C26H34N2O5S/c1-32-22-13-14-23(33-2)24(17-22)34(30,31)28-21-11-9-20(10-12-21)26(15-6-16-26)25(29)27-18-19-7-4-3-5-8-19/h9-14,17,19,28H,3-8,15-16,18H2,1-2H3,(H,27,29). The van der Waals surface area contributed by atoms with Crippen molar-refractivity contribution in [3.63, 3.8) is 0 Å². The monoisotopic (exact) mass is 486 g/mol. The second-order valence-corrected chi connectivity index (χ2v) is 11.0. The van der Waals surface area contributed by atoms with E-state index in [1.54, 1.807) is 24.3 Å². The van der Waals surface area contributed by atoms with Crippen LogP contribution >= 0.6 is 0 Å². The molecule has 2 aromatic rings. The zero-order chi connectivity index (χ0) is 24.2. The van der Waals surface area contributed by atoms with E-state index < -0.39 is 15.4 Å². The Bertz CT molecular complexity index is 1100. The minimum absolute atomic E-state index is 0.00372. The van der Waals surface area contributed by atoms with E-state index in [1.807, 2.05) is 12.1 Å². The Hall–Kier alpha value is -2.74. The quantitative estimate of drug-likeness (QED) is 0.539. The fourth-order valence-electron chi connectivity index (χ4n) is 5.04. The first kappa shape index (κ1) is 24.4. The van der Waals surface area contributed by atoms with E-state index in [0.29, 0.717) is 17.4 Å². The van der Waals surface area contributed by atoms with Crippen LogP contribution in [-0.4, -0.2) is 35.1 Å². The molecule has 0 aromatic heterocycles. The molecule has 0 bridgehead atoms. The van der Waals surface area contributed by atoms with Gasteiger partial charge in [-0.05, 0) is 61.4 Å². The molecule has 34 heavy (non-hydrogen) atoms. The van der Waals surface area contributed by atoms with Gasteiger partial charge in [0, 0.05) is 18.3 Å². The molecular formula is C26H34N2O5S. The van der Waals surface area contributed by atoms with Crippen LogP contribution in [-0.2, 0) is 20.2 Å². The summed E-state index contributed by atoms with van der Waals surface area (Å²) < 4.78 is 39.1. The highest BCUT2D eigenvalue weighted by atomic mass is 32.2. The molecule has 0 unspecified atom stereocenters. The number of rotatable bonds is 9. The fraction of sp³-hybridized carbons (Fsp3) is 0.500. The van der Waals surface area contributed by atoms with Crippen LogP contribution in [0.3, 0.4) is 0 Å². The minimum Gasteiger partial charge on any atom is -0.497 e. The SMILES string of the molecule is COc1ccc(OC)c(S(=O)(=O)Nc2ccc(C3(C(=O)NCC4CCCCC4)CCC3)cc2)c1. The summed E-state index contributed by atoms with van der Waals surface area (Å²) in [6, 6.07) is 11.8. The molecule has 7 nitrogen and oxygen atoms in total. The molecule has 0 heterocycles. The van der Waals surface area contributed by atoms with Crippen LogP contribution in [0.15, 0.2) is 47.4 Å². The summed E-state index contributed by atoms with van der Waals surface area (Å²) >= 11 is 0. The zero-order valence-corrected chi connectivity index (χ0v) is 20.7. The van der Waals surface area contributed by atoms with E-state index in [9.17, 15) is 13.2 Å². The number of carbonyl (C=O) groups is 1. The summed E-state index contributed by atoms with van der Waals surface area (Å²) in [6.45, 7) is 0.751. The molecule has 2 aliphatic rings. The van der Waals surface area contributed by atoms with E-state index in [4.69, 9.17) is 9.47 Å². The molecule has 8 heteroatoms. The van der Waals surface area contributed by atoms with Crippen molar-refractivity contribution in [2.75, 3.05) is 25.5 Å². The summed E-state index contributed by atoms with van der Waals surface area (Å²) in [6.07, 6.45) is 8.84. The lowest BCUT2D eigenvalue weighted by Gasteiger charge is -2.41. The average molecular weight is 487 g/mol. The number of methoxy groups -OCH3 is 2. The van der Waals surface area contributed by atoms with Gasteiger partial charge in [-0.1, -0.05) is 37.8 Å². The summed E-state index contributed by atoms with van der Waals surface area (Å²) in [5, 5.41) is 3.22. The fourth-order valence-corrected chi connectivity index (χ4v) is 6.28. The number of sulfonamides is 1. The van der Waals surface area contributed by atoms with Crippen molar-refractivity contribution >= 4 is 21.6 Å². The van der Waals surface area contributed by atoms with Crippen molar-refractivity contribution in [1.82, 2.24) is 5.32 Å². The summed E-state index contributed by atoms with van der Waals surface area (Å²) in [5.41, 5.74) is 0.842. The topological polar surface area (TPSA) is 93.7 Å². The summed E-state index contributed by atoms with van der Waals surface area (Å²) in [5.74, 6) is 1.33. The van der Waals surface area contributed by atoms with Gasteiger partial charge in [0.2, 0.25) is 5.91 Å². The highest BCUT2D eigenvalue weighted by Crippen LogP contribution is 2.44. The van der Waals surface area contributed by atoms with Crippen molar-refractivity contribution in [2.24, 2.45) is 5.92 Å². The number of benzene rings is 2. The number of anilines is 1. The third kappa shape index (κ3) is 5.02. The minimum atomic E-state index is -3.90. The Morgan fingerprint density at radius 3 is 2.26 bits per heavy atom. The Kier molecular flexibility index (Phi) is 7.36. The van der Waals surface area contributed by atoms with Crippen molar-refractivity contribution < 1.29 is 22.7 Å². The van der Waals surface area contributed by atoms with E-state index >= 15 is 0 Å². The first-order chi connectivity index (χ1) is 16.4. The number of carbonyl (C=O) groups excluding carboxylic acids is 1. The zero-order valence-electron chi connectivity index (χ0n) is 19.9. The lowest BCUT2D eigenvalue weighted by Crippen LogP contribution is -2.50. The molecule has 0 atom stereocenters. The predicted octanol–water partition coefficient (Wildman–Crippen LogP) is 4.62. The summed E-state index contributed by atoms with van der Waals surface area (Å²) in [7, 11) is -0.999. The average Bonchev–Trinajstić information content (AvgIpc) is 2.83. The van der Waals surface area contributed by atoms with Gasteiger partial charge in [-0.25, -0.2) is 8.42 Å². The first-order valence-electron chi connectivity index (χ1n) is 12.0.